The molecule has 2 rings (SSSR count). The van der Waals surface area contributed by atoms with E-state index in [2.05, 4.69) is 17.1 Å². The van der Waals surface area contributed by atoms with Crippen LogP contribution in [0.5, 0.6) is 0 Å². The lowest BCUT2D eigenvalue weighted by Crippen LogP contribution is -2.31. The molecule has 1 unspecified atom stereocenters. The predicted octanol–water partition coefficient (Wildman–Crippen LogP) is 2.77. The molecule has 1 aliphatic rings. The first-order chi connectivity index (χ1) is 9.58. The van der Waals surface area contributed by atoms with Crippen LogP contribution in [-0.4, -0.2) is 30.8 Å². The Labute approximate surface area is 120 Å². The second-order valence-electron chi connectivity index (χ2n) is 5.59. The first-order valence-electron chi connectivity index (χ1n) is 7.49. The molecule has 1 saturated carbocycles. The summed E-state index contributed by atoms with van der Waals surface area (Å²) in [5, 5.41) is 12.6. The number of aryl methyl sites for hydroxylation is 1. The van der Waals surface area contributed by atoms with Crippen LogP contribution in [0.1, 0.15) is 43.9 Å². The fourth-order valence-corrected chi connectivity index (χ4v) is 2.69. The van der Waals surface area contributed by atoms with Gasteiger partial charge >= 0.3 is 0 Å². The number of hydrogen-bond donors (Lipinski definition) is 2. The van der Waals surface area contributed by atoms with Gasteiger partial charge in [0, 0.05) is 24.3 Å². The predicted molar refractivity (Wildman–Crippen MR) is 80.7 cm³/mol. The molecule has 112 valence electrons. The van der Waals surface area contributed by atoms with Crippen molar-refractivity contribution < 1.29 is 9.50 Å². The topological polar surface area (TPSA) is 35.5 Å². The summed E-state index contributed by atoms with van der Waals surface area (Å²) in [6.07, 6.45) is 2.32. The molecule has 0 heterocycles. The van der Waals surface area contributed by atoms with Crippen LogP contribution in [0.2, 0.25) is 0 Å². The van der Waals surface area contributed by atoms with Gasteiger partial charge in [-0.3, -0.25) is 0 Å². The summed E-state index contributed by atoms with van der Waals surface area (Å²) in [4.78, 5) is 2.23. The van der Waals surface area contributed by atoms with E-state index < -0.39 is 0 Å². The molecule has 1 atom stereocenters. The zero-order valence-electron chi connectivity index (χ0n) is 12.6. The highest BCUT2D eigenvalue weighted by Crippen LogP contribution is 2.36. The third kappa shape index (κ3) is 3.30. The van der Waals surface area contributed by atoms with E-state index in [9.17, 15) is 9.50 Å². The summed E-state index contributed by atoms with van der Waals surface area (Å²) < 4.78 is 13.9. The maximum atomic E-state index is 13.9. The van der Waals surface area contributed by atoms with E-state index in [0.29, 0.717) is 18.2 Å². The standard InChI is InChI=1S/C16H25FN2O/c1-4-18-12(3)14-10-15(17)11(2)9-16(14)19(7-8-20)13-5-6-13/h9-10,12-13,18,20H,4-8H2,1-3H3. The molecule has 20 heavy (non-hydrogen) atoms. The highest BCUT2D eigenvalue weighted by atomic mass is 19.1. The Morgan fingerprint density at radius 1 is 1.45 bits per heavy atom. The van der Waals surface area contributed by atoms with E-state index in [-0.39, 0.29) is 18.5 Å². The Hall–Kier alpha value is -1.13. The van der Waals surface area contributed by atoms with Gasteiger partial charge in [-0.05, 0) is 56.5 Å². The molecule has 2 N–H and O–H groups in total. The van der Waals surface area contributed by atoms with Crippen molar-refractivity contribution in [1.82, 2.24) is 5.32 Å². The third-order valence-corrected chi connectivity index (χ3v) is 3.92. The minimum Gasteiger partial charge on any atom is -0.395 e. The molecule has 1 aromatic rings. The minimum atomic E-state index is -0.159. The quantitative estimate of drug-likeness (QED) is 0.806. The van der Waals surface area contributed by atoms with Crippen LogP contribution in [0.15, 0.2) is 12.1 Å². The average Bonchev–Trinajstić information content (AvgIpc) is 3.23. The molecule has 1 fully saturated rings. The molecular formula is C16H25FN2O. The van der Waals surface area contributed by atoms with E-state index in [1.165, 1.54) is 0 Å². The van der Waals surface area contributed by atoms with Gasteiger partial charge in [0.25, 0.3) is 0 Å². The lowest BCUT2D eigenvalue weighted by atomic mass is 10.0. The maximum Gasteiger partial charge on any atom is 0.126 e. The van der Waals surface area contributed by atoms with Gasteiger partial charge in [0.1, 0.15) is 5.82 Å². The van der Waals surface area contributed by atoms with Gasteiger partial charge in [0.05, 0.1) is 6.61 Å². The number of benzene rings is 1. The van der Waals surface area contributed by atoms with Gasteiger partial charge in [-0.2, -0.15) is 0 Å². The Bertz CT molecular complexity index is 460. The van der Waals surface area contributed by atoms with Gasteiger partial charge < -0.3 is 15.3 Å². The van der Waals surface area contributed by atoms with Crippen molar-refractivity contribution in [3.8, 4) is 0 Å². The van der Waals surface area contributed by atoms with Crippen molar-refractivity contribution in [1.29, 1.82) is 0 Å². The molecule has 0 aliphatic heterocycles. The normalized spacial score (nSPS) is 16.2. The Morgan fingerprint density at radius 3 is 2.70 bits per heavy atom. The zero-order valence-corrected chi connectivity index (χ0v) is 12.6. The number of aliphatic hydroxyl groups is 1. The summed E-state index contributed by atoms with van der Waals surface area (Å²) in [6.45, 7) is 7.49. The van der Waals surface area contributed by atoms with Gasteiger partial charge in [0.15, 0.2) is 0 Å². The molecule has 0 spiro atoms. The number of halogens is 1. The van der Waals surface area contributed by atoms with Crippen molar-refractivity contribution in [2.75, 3.05) is 24.6 Å². The minimum absolute atomic E-state index is 0.102. The SMILES string of the molecule is CCNC(C)c1cc(F)c(C)cc1N(CCO)C1CC1. The Kier molecular flexibility index (Phi) is 5.00. The fourth-order valence-electron chi connectivity index (χ4n) is 2.69. The summed E-state index contributed by atoms with van der Waals surface area (Å²) in [5.41, 5.74) is 2.71. The molecule has 0 aromatic heterocycles. The number of anilines is 1. The van der Waals surface area contributed by atoms with Crippen LogP contribution in [0, 0.1) is 12.7 Å². The summed E-state index contributed by atoms with van der Waals surface area (Å²) in [5.74, 6) is -0.159. The van der Waals surface area contributed by atoms with E-state index >= 15 is 0 Å². The van der Waals surface area contributed by atoms with Crippen molar-refractivity contribution in [2.45, 2.75) is 45.7 Å². The number of hydrogen-bond acceptors (Lipinski definition) is 3. The second-order valence-corrected chi connectivity index (χ2v) is 5.59. The Morgan fingerprint density at radius 2 is 2.15 bits per heavy atom. The van der Waals surface area contributed by atoms with Gasteiger partial charge in [-0.1, -0.05) is 6.92 Å². The molecule has 1 aromatic carbocycles. The van der Waals surface area contributed by atoms with E-state index in [4.69, 9.17) is 0 Å². The van der Waals surface area contributed by atoms with Gasteiger partial charge in [0.2, 0.25) is 0 Å². The molecule has 1 aliphatic carbocycles. The monoisotopic (exact) mass is 280 g/mol. The van der Waals surface area contributed by atoms with E-state index in [1.54, 1.807) is 13.0 Å². The Balaban J connectivity index is 2.39. The number of aliphatic hydroxyl groups excluding tert-OH is 1. The second kappa shape index (κ2) is 6.55. The van der Waals surface area contributed by atoms with Crippen molar-refractivity contribution >= 4 is 5.69 Å². The first-order valence-corrected chi connectivity index (χ1v) is 7.49. The van der Waals surface area contributed by atoms with Gasteiger partial charge in [-0.25, -0.2) is 4.39 Å². The summed E-state index contributed by atoms with van der Waals surface area (Å²) in [7, 11) is 0. The summed E-state index contributed by atoms with van der Waals surface area (Å²) in [6, 6.07) is 4.17. The van der Waals surface area contributed by atoms with E-state index in [1.807, 2.05) is 13.0 Å². The average molecular weight is 280 g/mol. The van der Waals surface area contributed by atoms with Crippen LogP contribution in [0.25, 0.3) is 0 Å². The van der Waals surface area contributed by atoms with Crippen molar-refractivity contribution in [3.05, 3.63) is 29.1 Å². The highest BCUT2D eigenvalue weighted by molar-refractivity contribution is 5.58. The first kappa shape index (κ1) is 15.3. The molecule has 0 radical (unpaired) electrons. The van der Waals surface area contributed by atoms with Crippen LogP contribution >= 0.6 is 0 Å². The molecule has 4 heteroatoms. The molecule has 0 saturated heterocycles. The van der Waals surface area contributed by atoms with Gasteiger partial charge in [-0.15, -0.1) is 0 Å². The van der Waals surface area contributed by atoms with Crippen LogP contribution < -0.4 is 10.2 Å². The molecule has 0 bridgehead atoms. The molecule has 3 nitrogen and oxygen atoms in total. The largest absolute Gasteiger partial charge is 0.395 e. The fraction of sp³-hybridized carbons (Fsp3) is 0.625. The van der Waals surface area contributed by atoms with Crippen LogP contribution in [-0.2, 0) is 0 Å². The molecular weight excluding hydrogens is 255 g/mol. The van der Waals surface area contributed by atoms with Crippen molar-refractivity contribution in [3.63, 3.8) is 0 Å². The molecule has 0 amide bonds. The highest BCUT2D eigenvalue weighted by Gasteiger charge is 2.31. The lowest BCUT2D eigenvalue weighted by Gasteiger charge is -2.29. The van der Waals surface area contributed by atoms with E-state index in [0.717, 1.165) is 30.6 Å². The number of nitrogens with one attached hydrogen (secondary N) is 1. The number of rotatable bonds is 7. The van der Waals surface area contributed by atoms with Crippen LogP contribution in [0.4, 0.5) is 10.1 Å². The smallest absolute Gasteiger partial charge is 0.126 e. The number of nitrogens with zero attached hydrogens (tertiary/aromatic N) is 1. The maximum absolute atomic E-state index is 13.9. The van der Waals surface area contributed by atoms with Crippen LogP contribution in [0.3, 0.4) is 0 Å². The summed E-state index contributed by atoms with van der Waals surface area (Å²) >= 11 is 0. The third-order valence-electron chi connectivity index (χ3n) is 3.92. The van der Waals surface area contributed by atoms with Crippen molar-refractivity contribution in [2.24, 2.45) is 0 Å². The lowest BCUT2D eigenvalue weighted by molar-refractivity contribution is 0.301. The zero-order chi connectivity index (χ0) is 14.7.